The van der Waals surface area contributed by atoms with Crippen molar-refractivity contribution < 1.29 is 9.21 Å². The van der Waals surface area contributed by atoms with Crippen LogP contribution < -0.4 is 5.32 Å². The predicted molar refractivity (Wildman–Crippen MR) is 109 cm³/mol. The van der Waals surface area contributed by atoms with Gasteiger partial charge in [0.05, 0.1) is 16.7 Å². The molecule has 4 heterocycles. The van der Waals surface area contributed by atoms with E-state index < -0.39 is 0 Å². The number of ketones is 1. The van der Waals surface area contributed by atoms with Gasteiger partial charge in [0.2, 0.25) is 5.76 Å². The van der Waals surface area contributed by atoms with Crippen molar-refractivity contribution in [1.82, 2.24) is 9.88 Å². The number of furan rings is 1. The highest BCUT2D eigenvalue weighted by molar-refractivity contribution is 9.10. The van der Waals surface area contributed by atoms with Crippen molar-refractivity contribution in [3.63, 3.8) is 0 Å². The van der Waals surface area contributed by atoms with E-state index in [4.69, 9.17) is 9.68 Å². The van der Waals surface area contributed by atoms with E-state index in [9.17, 15) is 4.79 Å². The molecule has 6 nitrogen and oxygen atoms in total. The maximum atomic E-state index is 12.3. The largest absolute Gasteiger partial charge is 0.444 e. The Morgan fingerprint density at radius 2 is 1.93 bits per heavy atom. The molecule has 0 spiro atoms. The van der Waals surface area contributed by atoms with Gasteiger partial charge in [-0.1, -0.05) is 0 Å². The molecule has 2 aromatic heterocycles. The lowest BCUT2D eigenvalue weighted by Crippen LogP contribution is -2.52. The van der Waals surface area contributed by atoms with Crippen molar-refractivity contribution in [3.05, 3.63) is 22.5 Å². The SMILES string of the molecule is N#Cc1cc2c(Br)c(NC3CCC(N4C5CCC(=O)C4CC5)CC3)ncc2o1. The number of rotatable bonds is 3. The van der Waals surface area contributed by atoms with E-state index in [-0.39, 0.29) is 6.04 Å². The van der Waals surface area contributed by atoms with Gasteiger partial charge in [0.1, 0.15) is 17.7 Å². The number of piperidine rings is 1. The molecule has 0 amide bonds. The zero-order valence-corrected chi connectivity index (χ0v) is 17.2. The lowest BCUT2D eigenvalue weighted by molar-refractivity contribution is -0.128. The minimum atomic E-state index is 0.196. The molecule has 2 saturated heterocycles. The number of nitrogens with zero attached hydrogens (tertiary/aromatic N) is 3. The van der Waals surface area contributed by atoms with Gasteiger partial charge in [-0.15, -0.1) is 0 Å². The third-order valence-corrected chi connectivity index (χ3v) is 7.54. The van der Waals surface area contributed by atoms with Crippen LogP contribution in [-0.4, -0.2) is 39.8 Å². The summed E-state index contributed by atoms with van der Waals surface area (Å²) < 4.78 is 6.29. The summed E-state index contributed by atoms with van der Waals surface area (Å²) in [6, 6.07) is 5.52. The van der Waals surface area contributed by atoms with E-state index in [2.05, 4.69) is 31.1 Å². The van der Waals surface area contributed by atoms with Gasteiger partial charge >= 0.3 is 0 Å². The maximum absolute atomic E-state index is 12.3. The Balaban J connectivity index is 1.26. The topological polar surface area (TPSA) is 82.2 Å². The van der Waals surface area contributed by atoms with E-state index in [0.29, 0.717) is 35.3 Å². The van der Waals surface area contributed by atoms with E-state index in [1.807, 2.05) is 6.07 Å². The number of nitriles is 1. The van der Waals surface area contributed by atoms with Crippen LogP contribution in [0.15, 0.2) is 21.2 Å². The summed E-state index contributed by atoms with van der Waals surface area (Å²) in [6.45, 7) is 0. The highest BCUT2D eigenvalue weighted by atomic mass is 79.9. The summed E-state index contributed by atoms with van der Waals surface area (Å²) in [5.74, 6) is 1.56. The zero-order chi connectivity index (χ0) is 19.3. The van der Waals surface area contributed by atoms with Crippen LogP contribution in [0.2, 0.25) is 0 Å². The van der Waals surface area contributed by atoms with E-state index in [1.54, 1.807) is 12.3 Å². The molecule has 28 heavy (non-hydrogen) atoms. The average Bonchev–Trinajstić information content (AvgIpc) is 3.28. The van der Waals surface area contributed by atoms with Crippen LogP contribution in [0, 0.1) is 11.3 Å². The van der Waals surface area contributed by atoms with Gasteiger partial charge in [0.15, 0.2) is 5.58 Å². The van der Waals surface area contributed by atoms with Crippen LogP contribution in [0.25, 0.3) is 11.0 Å². The molecule has 0 aromatic carbocycles. The van der Waals surface area contributed by atoms with Gasteiger partial charge in [-0.3, -0.25) is 9.69 Å². The summed E-state index contributed by atoms with van der Waals surface area (Å²) in [4.78, 5) is 19.3. The summed E-state index contributed by atoms with van der Waals surface area (Å²) in [6.07, 6.45) is 10.2. The number of pyridine rings is 1. The number of carbonyl (C=O) groups is 1. The quantitative estimate of drug-likeness (QED) is 0.758. The Labute approximate surface area is 172 Å². The highest BCUT2D eigenvalue weighted by Gasteiger charge is 2.45. The molecule has 2 aromatic rings. The van der Waals surface area contributed by atoms with Gasteiger partial charge < -0.3 is 9.73 Å². The van der Waals surface area contributed by atoms with Gasteiger partial charge in [-0.2, -0.15) is 5.26 Å². The van der Waals surface area contributed by atoms with Crippen molar-refractivity contribution >= 4 is 38.5 Å². The molecule has 146 valence electrons. The first-order valence-corrected chi connectivity index (χ1v) is 11.0. The third-order valence-electron chi connectivity index (χ3n) is 6.74. The predicted octanol–water partition coefficient (Wildman–Crippen LogP) is 4.38. The standard InChI is InChI=1S/C21H23BrN4O2/c22-20-16-9-15(10-23)28-19(16)11-24-21(20)25-12-1-3-13(4-2-12)26-14-5-7-17(26)18(27)8-6-14/h9,11-14,17H,1-8H2,(H,24,25). The van der Waals surface area contributed by atoms with E-state index in [1.165, 1.54) is 6.42 Å². The molecule has 0 radical (unpaired) electrons. The smallest absolute Gasteiger partial charge is 0.204 e. The number of nitrogens with one attached hydrogen (secondary N) is 1. The fraction of sp³-hybridized carbons (Fsp3) is 0.571. The van der Waals surface area contributed by atoms with E-state index in [0.717, 1.165) is 60.6 Å². The monoisotopic (exact) mass is 442 g/mol. The average molecular weight is 443 g/mol. The first-order valence-electron chi connectivity index (χ1n) is 10.2. The van der Waals surface area contributed by atoms with Crippen LogP contribution in [0.5, 0.6) is 0 Å². The van der Waals surface area contributed by atoms with Gasteiger partial charge in [-0.05, 0) is 60.9 Å². The Hall–Kier alpha value is -1.91. The second kappa shape index (κ2) is 7.16. The number of hydrogen-bond acceptors (Lipinski definition) is 6. The van der Waals surface area contributed by atoms with E-state index >= 15 is 0 Å². The van der Waals surface area contributed by atoms with Gasteiger partial charge in [0, 0.05) is 36.0 Å². The number of aromatic nitrogens is 1. The summed E-state index contributed by atoms with van der Waals surface area (Å²) >= 11 is 3.62. The van der Waals surface area contributed by atoms with Crippen LogP contribution in [0.3, 0.4) is 0 Å². The molecule has 2 bridgehead atoms. The zero-order valence-electron chi connectivity index (χ0n) is 15.7. The maximum Gasteiger partial charge on any atom is 0.204 e. The number of Topliss-reactive ketones (excluding diaryl/α,β-unsaturated/α-hetero) is 1. The van der Waals surface area contributed by atoms with Crippen molar-refractivity contribution in [2.45, 2.75) is 75.5 Å². The van der Waals surface area contributed by atoms with Crippen LogP contribution >= 0.6 is 15.9 Å². The molecule has 3 fully saturated rings. The first-order chi connectivity index (χ1) is 13.6. The second-order valence-corrected chi connectivity index (χ2v) is 9.06. The molecule has 3 aliphatic rings. The summed E-state index contributed by atoms with van der Waals surface area (Å²) in [5, 5.41) is 13.5. The van der Waals surface area contributed by atoms with Crippen molar-refractivity contribution in [2.75, 3.05) is 5.32 Å². The fourth-order valence-electron chi connectivity index (χ4n) is 5.40. The van der Waals surface area contributed by atoms with Gasteiger partial charge in [-0.25, -0.2) is 4.98 Å². The highest BCUT2D eigenvalue weighted by Crippen LogP contribution is 2.40. The minimum absolute atomic E-state index is 0.196. The number of carbonyl (C=O) groups excluding carboxylic acids is 1. The van der Waals surface area contributed by atoms with Crippen molar-refractivity contribution in [2.24, 2.45) is 0 Å². The summed E-state index contributed by atoms with van der Waals surface area (Å²) in [7, 11) is 0. The molecular weight excluding hydrogens is 420 g/mol. The number of halogens is 1. The van der Waals surface area contributed by atoms with Crippen molar-refractivity contribution in [1.29, 1.82) is 5.26 Å². The van der Waals surface area contributed by atoms with Crippen LogP contribution in [0.1, 0.15) is 57.1 Å². The first kappa shape index (κ1) is 18.1. The Kier molecular flexibility index (Phi) is 4.64. The molecule has 7 heteroatoms. The second-order valence-electron chi connectivity index (χ2n) is 8.27. The lowest BCUT2D eigenvalue weighted by atomic mass is 9.87. The lowest BCUT2D eigenvalue weighted by Gasteiger charge is -2.43. The summed E-state index contributed by atoms with van der Waals surface area (Å²) in [5.41, 5.74) is 0.614. The molecule has 5 rings (SSSR count). The number of anilines is 1. The molecule has 2 atom stereocenters. The normalized spacial score (nSPS) is 30.5. The molecular formula is C21H23BrN4O2. The fourth-order valence-corrected chi connectivity index (χ4v) is 5.93. The van der Waals surface area contributed by atoms with Gasteiger partial charge in [0.25, 0.3) is 0 Å². The molecule has 1 N–H and O–H groups in total. The Morgan fingerprint density at radius 1 is 1.18 bits per heavy atom. The third kappa shape index (κ3) is 3.03. The Bertz CT molecular complexity index is 957. The molecule has 2 unspecified atom stereocenters. The molecule has 2 aliphatic heterocycles. The molecule has 1 aliphatic carbocycles. The minimum Gasteiger partial charge on any atom is -0.444 e. The number of fused-ring (bicyclic) bond motifs is 3. The molecule has 1 saturated carbocycles. The number of hydrogen-bond donors (Lipinski definition) is 1. The Morgan fingerprint density at radius 3 is 2.71 bits per heavy atom. The van der Waals surface area contributed by atoms with Crippen LogP contribution in [-0.2, 0) is 4.79 Å². The van der Waals surface area contributed by atoms with Crippen LogP contribution in [0.4, 0.5) is 5.82 Å². The van der Waals surface area contributed by atoms with Crippen molar-refractivity contribution in [3.8, 4) is 6.07 Å².